The Morgan fingerprint density at radius 2 is 1.91 bits per heavy atom. The van der Waals surface area contributed by atoms with Crippen molar-refractivity contribution in [1.29, 1.82) is 0 Å². The minimum Gasteiger partial charge on any atom is -0.381 e. The Morgan fingerprint density at radius 3 is 2.64 bits per heavy atom. The normalized spacial score (nSPS) is 30.2. The zero-order valence-corrected chi connectivity index (χ0v) is 12.5. The summed E-state index contributed by atoms with van der Waals surface area (Å²) in [5.41, 5.74) is 1.67. The largest absolute Gasteiger partial charge is 0.381 e. The van der Waals surface area contributed by atoms with Crippen LogP contribution < -0.4 is 10.2 Å². The van der Waals surface area contributed by atoms with Gasteiger partial charge in [0, 0.05) is 43.0 Å². The number of carbonyl (C=O) groups excluding carboxylic acids is 1. The zero-order valence-electron chi connectivity index (χ0n) is 12.5. The van der Waals surface area contributed by atoms with Crippen LogP contribution in [0.5, 0.6) is 0 Å². The summed E-state index contributed by atoms with van der Waals surface area (Å²) < 4.78 is 5.57. The molecule has 0 spiro atoms. The number of amides is 1. The van der Waals surface area contributed by atoms with E-state index in [-0.39, 0.29) is 5.91 Å². The molecule has 1 N–H and O–H groups in total. The number of hydrogen-bond donors (Lipinski definition) is 1. The first-order valence-electron chi connectivity index (χ1n) is 8.31. The zero-order chi connectivity index (χ0) is 14.7. The lowest BCUT2D eigenvalue weighted by Gasteiger charge is -2.26. The minimum absolute atomic E-state index is 0.0328. The van der Waals surface area contributed by atoms with Gasteiger partial charge in [-0.15, -0.1) is 0 Å². The van der Waals surface area contributed by atoms with Gasteiger partial charge in [0.25, 0.3) is 5.91 Å². The molecule has 22 heavy (non-hydrogen) atoms. The molecular weight excluding hydrogens is 280 g/mol. The Kier molecular flexibility index (Phi) is 2.71. The van der Waals surface area contributed by atoms with E-state index in [1.54, 1.807) is 0 Å². The lowest BCUT2D eigenvalue weighted by atomic mass is 10.0. The van der Waals surface area contributed by atoms with E-state index in [2.05, 4.69) is 15.2 Å². The fourth-order valence-corrected chi connectivity index (χ4v) is 3.94. The van der Waals surface area contributed by atoms with E-state index in [0.29, 0.717) is 30.0 Å². The van der Waals surface area contributed by atoms with E-state index in [0.717, 1.165) is 62.8 Å². The third-order valence-electron chi connectivity index (χ3n) is 5.36. The lowest BCUT2D eigenvalue weighted by molar-refractivity contribution is 0.0940. The molecule has 0 radical (unpaired) electrons. The molecule has 4 heterocycles. The predicted molar refractivity (Wildman–Crippen MR) is 80.1 cm³/mol. The molecule has 2 atom stereocenters. The van der Waals surface area contributed by atoms with Crippen LogP contribution in [0.3, 0.4) is 0 Å². The molecule has 3 fully saturated rings. The van der Waals surface area contributed by atoms with Gasteiger partial charge in [-0.3, -0.25) is 4.79 Å². The molecule has 6 nitrogen and oxygen atoms in total. The fraction of sp³-hybridized carbons (Fsp3) is 0.688. The molecule has 2 saturated heterocycles. The Labute approximate surface area is 129 Å². The number of fused-ring (bicyclic) bond motifs is 2. The number of hydrogen-bond acceptors (Lipinski definition) is 5. The van der Waals surface area contributed by atoms with Crippen molar-refractivity contribution in [3.8, 4) is 0 Å². The van der Waals surface area contributed by atoms with Crippen molar-refractivity contribution in [3.05, 3.63) is 17.1 Å². The third kappa shape index (κ3) is 1.93. The Morgan fingerprint density at radius 1 is 1.14 bits per heavy atom. The van der Waals surface area contributed by atoms with Crippen LogP contribution in [0.1, 0.15) is 40.6 Å². The molecule has 1 aliphatic carbocycles. The first kappa shape index (κ1) is 12.8. The maximum Gasteiger partial charge on any atom is 0.270 e. The highest BCUT2D eigenvalue weighted by Crippen LogP contribution is 2.41. The van der Waals surface area contributed by atoms with E-state index in [4.69, 9.17) is 9.72 Å². The van der Waals surface area contributed by atoms with E-state index < -0.39 is 0 Å². The summed E-state index contributed by atoms with van der Waals surface area (Å²) in [6, 6.07) is 0. The third-order valence-corrected chi connectivity index (χ3v) is 5.36. The van der Waals surface area contributed by atoms with Gasteiger partial charge in [0.1, 0.15) is 17.3 Å². The second-order valence-electron chi connectivity index (χ2n) is 6.98. The summed E-state index contributed by atoms with van der Waals surface area (Å²) in [6.07, 6.45) is 3.14. The second-order valence-corrected chi connectivity index (χ2v) is 6.98. The van der Waals surface area contributed by atoms with Crippen molar-refractivity contribution in [2.75, 3.05) is 37.7 Å². The Balaban J connectivity index is 1.57. The van der Waals surface area contributed by atoms with E-state index in [1.807, 2.05) is 0 Å². The maximum absolute atomic E-state index is 12.2. The number of ether oxygens (including phenoxy) is 1. The molecule has 0 unspecified atom stereocenters. The molecule has 1 saturated carbocycles. The van der Waals surface area contributed by atoms with Crippen molar-refractivity contribution in [2.24, 2.45) is 11.8 Å². The Bertz CT molecular complexity index is 631. The standard InChI is InChI=1S/C16H20N4O2/c21-16-13-12(3-4-17-16)15(19-14(18-13)9-1-2-9)20-5-10-7-22-8-11(10)6-20/h9-11H,1-8H2,(H,17,21)/t10-,11+. The van der Waals surface area contributed by atoms with Gasteiger partial charge >= 0.3 is 0 Å². The summed E-state index contributed by atoms with van der Waals surface area (Å²) in [5.74, 6) is 3.56. The maximum atomic E-state index is 12.2. The number of rotatable bonds is 2. The van der Waals surface area contributed by atoms with Gasteiger partial charge in [-0.2, -0.15) is 0 Å². The van der Waals surface area contributed by atoms with Crippen LogP contribution in [-0.2, 0) is 11.2 Å². The summed E-state index contributed by atoms with van der Waals surface area (Å²) in [4.78, 5) is 24.1. The Hall–Kier alpha value is -1.69. The average molecular weight is 300 g/mol. The first-order valence-corrected chi connectivity index (χ1v) is 8.31. The lowest BCUT2D eigenvalue weighted by Crippen LogP contribution is -2.36. The molecule has 1 aromatic heterocycles. The van der Waals surface area contributed by atoms with Gasteiger partial charge in [-0.05, 0) is 19.3 Å². The summed E-state index contributed by atoms with van der Waals surface area (Å²) >= 11 is 0. The molecule has 6 heteroatoms. The van der Waals surface area contributed by atoms with E-state index in [9.17, 15) is 4.79 Å². The molecule has 1 aromatic rings. The van der Waals surface area contributed by atoms with Crippen molar-refractivity contribution in [3.63, 3.8) is 0 Å². The number of anilines is 1. The smallest absolute Gasteiger partial charge is 0.270 e. The van der Waals surface area contributed by atoms with Gasteiger partial charge in [0.2, 0.25) is 0 Å². The quantitative estimate of drug-likeness (QED) is 0.872. The first-order chi connectivity index (χ1) is 10.8. The highest BCUT2D eigenvalue weighted by Gasteiger charge is 2.40. The predicted octanol–water partition coefficient (Wildman–Crippen LogP) is 0.722. The van der Waals surface area contributed by atoms with Gasteiger partial charge in [-0.25, -0.2) is 9.97 Å². The molecule has 116 valence electrons. The fourth-order valence-electron chi connectivity index (χ4n) is 3.94. The molecule has 1 amide bonds. The SMILES string of the molecule is O=C1NCCc2c1nc(C1CC1)nc2N1C[C@H]2COC[C@H]2C1. The van der Waals surface area contributed by atoms with Gasteiger partial charge in [0.15, 0.2) is 0 Å². The van der Waals surface area contributed by atoms with Crippen LogP contribution in [-0.4, -0.2) is 48.7 Å². The monoisotopic (exact) mass is 300 g/mol. The highest BCUT2D eigenvalue weighted by atomic mass is 16.5. The van der Waals surface area contributed by atoms with Crippen LogP contribution in [0.25, 0.3) is 0 Å². The second kappa shape index (κ2) is 4.65. The number of aromatic nitrogens is 2. The van der Waals surface area contributed by atoms with E-state index in [1.165, 1.54) is 0 Å². The molecule has 5 rings (SSSR count). The minimum atomic E-state index is -0.0328. The van der Waals surface area contributed by atoms with Gasteiger partial charge < -0.3 is 15.0 Å². The van der Waals surface area contributed by atoms with Gasteiger partial charge in [-0.1, -0.05) is 0 Å². The molecule has 3 aliphatic heterocycles. The van der Waals surface area contributed by atoms with Crippen LogP contribution >= 0.6 is 0 Å². The number of nitrogens with one attached hydrogen (secondary N) is 1. The molecular formula is C16H20N4O2. The van der Waals surface area contributed by atoms with Crippen LogP contribution in [0.4, 0.5) is 5.82 Å². The van der Waals surface area contributed by atoms with Crippen LogP contribution in [0, 0.1) is 11.8 Å². The molecule has 0 aromatic carbocycles. The molecule has 4 aliphatic rings. The van der Waals surface area contributed by atoms with Crippen molar-refractivity contribution in [2.45, 2.75) is 25.2 Å². The van der Waals surface area contributed by atoms with E-state index >= 15 is 0 Å². The topological polar surface area (TPSA) is 67.4 Å². The summed E-state index contributed by atoms with van der Waals surface area (Å²) in [6.45, 7) is 4.42. The van der Waals surface area contributed by atoms with Crippen LogP contribution in [0.2, 0.25) is 0 Å². The van der Waals surface area contributed by atoms with Crippen molar-refractivity contribution >= 4 is 11.7 Å². The number of carbonyl (C=O) groups is 1. The van der Waals surface area contributed by atoms with Gasteiger partial charge in [0.05, 0.1) is 13.2 Å². The summed E-state index contributed by atoms with van der Waals surface area (Å²) in [7, 11) is 0. The average Bonchev–Trinajstić information content (AvgIpc) is 3.15. The molecule has 0 bridgehead atoms. The number of nitrogens with zero attached hydrogens (tertiary/aromatic N) is 3. The van der Waals surface area contributed by atoms with Crippen molar-refractivity contribution < 1.29 is 9.53 Å². The van der Waals surface area contributed by atoms with Crippen LogP contribution in [0.15, 0.2) is 0 Å². The summed E-state index contributed by atoms with van der Waals surface area (Å²) in [5, 5.41) is 2.91. The van der Waals surface area contributed by atoms with Crippen molar-refractivity contribution in [1.82, 2.24) is 15.3 Å². The highest BCUT2D eigenvalue weighted by molar-refractivity contribution is 5.96.